The molecule has 2 aromatic carbocycles. The molecule has 0 radical (unpaired) electrons. The Kier molecular flexibility index (Phi) is 6.53. The maximum absolute atomic E-state index is 13.3. The molecule has 0 aliphatic heterocycles. The van der Waals surface area contributed by atoms with E-state index in [-0.39, 0.29) is 5.91 Å². The fraction of sp³-hybridized carbons (Fsp3) is 0.300. The molecule has 0 aliphatic rings. The molecule has 1 aromatic heterocycles. The molecule has 0 saturated heterocycles. The molecule has 148 valence electrons. The highest BCUT2D eigenvalue weighted by Crippen LogP contribution is 2.40. The fourth-order valence-electron chi connectivity index (χ4n) is 2.75. The van der Waals surface area contributed by atoms with Crippen LogP contribution in [0.25, 0.3) is 10.2 Å². The van der Waals surface area contributed by atoms with Gasteiger partial charge in [0.2, 0.25) is 0 Å². The summed E-state index contributed by atoms with van der Waals surface area (Å²) in [7, 11) is 7.18. The van der Waals surface area contributed by atoms with Gasteiger partial charge in [0, 0.05) is 17.6 Å². The van der Waals surface area contributed by atoms with E-state index in [2.05, 4.69) is 15.9 Å². The van der Waals surface area contributed by atoms with Crippen molar-refractivity contribution in [3.05, 3.63) is 46.4 Å². The molecule has 0 atom stereocenters. The Morgan fingerprint density at radius 3 is 2.39 bits per heavy atom. The molecule has 0 N–H and O–H groups in total. The molecule has 0 saturated carbocycles. The minimum atomic E-state index is -0.105. The molecule has 1 heterocycles. The van der Waals surface area contributed by atoms with Gasteiger partial charge in [-0.2, -0.15) is 0 Å². The minimum Gasteiger partial charge on any atom is -0.495 e. The molecule has 0 unspecified atom stereocenters. The van der Waals surface area contributed by atoms with E-state index in [0.717, 1.165) is 9.17 Å². The van der Waals surface area contributed by atoms with Crippen LogP contribution in [0.3, 0.4) is 0 Å². The number of aromatic nitrogens is 1. The van der Waals surface area contributed by atoms with Crippen LogP contribution in [-0.4, -0.2) is 57.2 Å². The molecule has 0 fully saturated rings. The van der Waals surface area contributed by atoms with Gasteiger partial charge in [-0.1, -0.05) is 23.5 Å². The molecule has 0 bridgehead atoms. The zero-order valence-electron chi connectivity index (χ0n) is 16.2. The van der Waals surface area contributed by atoms with Gasteiger partial charge in [-0.05, 0) is 54.3 Å². The van der Waals surface area contributed by atoms with Crippen LogP contribution in [0.1, 0.15) is 10.4 Å². The van der Waals surface area contributed by atoms with Crippen molar-refractivity contribution >= 4 is 48.5 Å². The first-order chi connectivity index (χ1) is 13.5. The number of nitrogens with zero attached hydrogens (tertiary/aromatic N) is 3. The molecule has 6 nitrogen and oxygen atoms in total. The number of fused-ring (bicyclic) bond motifs is 1. The Labute approximate surface area is 176 Å². The predicted octanol–water partition coefficient (Wildman–Crippen LogP) is 4.28. The van der Waals surface area contributed by atoms with E-state index in [0.29, 0.717) is 40.8 Å². The number of rotatable bonds is 7. The summed E-state index contributed by atoms with van der Waals surface area (Å²) in [5.41, 5.74) is 1.29. The van der Waals surface area contributed by atoms with Crippen LogP contribution >= 0.6 is 27.3 Å². The van der Waals surface area contributed by atoms with Gasteiger partial charge >= 0.3 is 0 Å². The number of halogens is 1. The van der Waals surface area contributed by atoms with E-state index in [4.69, 9.17) is 14.5 Å². The number of likely N-dealkylation sites (N-methyl/N-ethyl adjacent to an activating group) is 1. The summed E-state index contributed by atoms with van der Waals surface area (Å²) in [5, 5.41) is 0.611. The summed E-state index contributed by atoms with van der Waals surface area (Å²) in [6.07, 6.45) is 0. The standard InChI is InChI=1S/C20H22BrN3O3S/c1-23(2)11-12-24(19(25)13-7-5-6-8-14(13)21)20-22-17-15(26-3)9-10-16(27-4)18(17)28-20/h5-10H,11-12H2,1-4H3. The Morgan fingerprint density at radius 1 is 1.07 bits per heavy atom. The molecule has 8 heteroatoms. The maximum atomic E-state index is 13.3. The Balaban J connectivity index is 2.10. The van der Waals surface area contributed by atoms with Crippen LogP contribution in [0.5, 0.6) is 11.5 Å². The normalized spacial score (nSPS) is 11.1. The minimum absolute atomic E-state index is 0.105. The van der Waals surface area contributed by atoms with E-state index in [1.807, 2.05) is 55.4 Å². The van der Waals surface area contributed by atoms with Gasteiger partial charge in [-0.15, -0.1) is 0 Å². The first kappa shape index (κ1) is 20.6. The zero-order chi connectivity index (χ0) is 20.3. The molecule has 0 spiro atoms. The molecule has 0 aliphatic carbocycles. The molecule has 28 heavy (non-hydrogen) atoms. The monoisotopic (exact) mass is 463 g/mol. The van der Waals surface area contributed by atoms with Crippen molar-refractivity contribution in [3.8, 4) is 11.5 Å². The summed E-state index contributed by atoms with van der Waals surface area (Å²) in [6.45, 7) is 1.22. The maximum Gasteiger partial charge on any atom is 0.261 e. The number of anilines is 1. The van der Waals surface area contributed by atoms with Gasteiger partial charge < -0.3 is 14.4 Å². The number of amides is 1. The average Bonchev–Trinajstić information content (AvgIpc) is 3.12. The lowest BCUT2D eigenvalue weighted by atomic mass is 10.2. The highest BCUT2D eigenvalue weighted by molar-refractivity contribution is 9.10. The number of methoxy groups -OCH3 is 2. The lowest BCUT2D eigenvalue weighted by Gasteiger charge is -2.22. The zero-order valence-corrected chi connectivity index (χ0v) is 18.6. The Morgan fingerprint density at radius 2 is 1.75 bits per heavy atom. The second-order valence-corrected chi connectivity index (χ2v) is 8.22. The molecular formula is C20H22BrN3O3S. The van der Waals surface area contributed by atoms with E-state index in [1.54, 1.807) is 19.1 Å². The van der Waals surface area contributed by atoms with Crippen molar-refractivity contribution in [1.29, 1.82) is 0 Å². The lowest BCUT2D eigenvalue weighted by molar-refractivity contribution is 0.0984. The summed E-state index contributed by atoms with van der Waals surface area (Å²) in [6, 6.07) is 11.1. The van der Waals surface area contributed by atoms with Crippen LogP contribution in [0, 0.1) is 0 Å². The number of benzene rings is 2. The fourth-order valence-corrected chi connectivity index (χ4v) is 4.31. The summed E-state index contributed by atoms with van der Waals surface area (Å²) < 4.78 is 12.5. The largest absolute Gasteiger partial charge is 0.495 e. The second-order valence-electron chi connectivity index (χ2n) is 6.38. The van der Waals surface area contributed by atoms with Crippen molar-refractivity contribution in [1.82, 2.24) is 9.88 Å². The summed E-state index contributed by atoms with van der Waals surface area (Å²) >= 11 is 4.90. The first-order valence-electron chi connectivity index (χ1n) is 8.69. The average molecular weight is 464 g/mol. The van der Waals surface area contributed by atoms with Crippen LogP contribution in [0.15, 0.2) is 40.9 Å². The molecule has 3 aromatic rings. The van der Waals surface area contributed by atoms with E-state index in [9.17, 15) is 4.79 Å². The topological polar surface area (TPSA) is 54.9 Å². The van der Waals surface area contributed by atoms with Gasteiger partial charge in [0.25, 0.3) is 5.91 Å². The van der Waals surface area contributed by atoms with Gasteiger partial charge in [0.1, 0.15) is 21.7 Å². The van der Waals surface area contributed by atoms with E-state index in [1.165, 1.54) is 11.3 Å². The third-order valence-corrected chi connectivity index (χ3v) is 6.03. The Hall–Kier alpha value is -2.16. The highest BCUT2D eigenvalue weighted by atomic mass is 79.9. The number of hydrogen-bond acceptors (Lipinski definition) is 6. The number of thiazole rings is 1. The molecule has 1 amide bonds. The third kappa shape index (κ3) is 4.14. The van der Waals surface area contributed by atoms with Gasteiger partial charge in [-0.25, -0.2) is 4.98 Å². The van der Waals surface area contributed by atoms with Crippen LogP contribution in [0.2, 0.25) is 0 Å². The quantitative estimate of drug-likeness (QED) is 0.523. The van der Waals surface area contributed by atoms with E-state index < -0.39 is 0 Å². The molecular weight excluding hydrogens is 442 g/mol. The van der Waals surface area contributed by atoms with Crippen LogP contribution < -0.4 is 14.4 Å². The third-order valence-electron chi connectivity index (χ3n) is 4.25. The SMILES string of the molecule is COc1ccc(OC)c2sc(N(CCN(C)C)C(=O)c3ccccc3Br)nc12. The second kappa shape index (κ2) is 8.89. The predicted molar refractivity (Wildman–Crippen MR) is 117 cm³/mol. The van der Waals surface area contributed by atoms with Crippen molar-refractivity contribution in [2.24, 2.45) is 0 Å². The van der Waals surface area contributed by atoms with Crippen molar-refractivity contribution in [2.75, 3.05) is 46.3 Å². The highest BCUT2D eigenvalue weighted by Gasteiger charge is 2.24. The summed E-state index contributed by atoms with van der Waals surface area (Å²) in [5.74, 6) is 1.26. The van der Waals surface area contributed by atoms with Crippen molar-refractivity contribution in [2.45, 2.75) is 0 Å². The van der Waals surface area contributed by atoms with Gasteiger partial charge in [0.05, 0.1) is 19.8 Å². The smallest absolute Gasteiger partial charge is 0.261 e. The van der Waals surface area contributed by atoms with Crippen LogP contribution in [-0.2, 0) is 0 Å². The van der Waals surface area contributed by atoms with Gasteiger partial charge in [0.15, 0.2) is 5.13 Å². The molecule has 3 rings (SSSR count). The summed E-state index contributed by atoms with van der Waals surface area (Å²) in [4.78, 5) is 21.8. The van der Waals surface area contributed by atoms with Gasteiger partial charge in [-0.3, -0.25) is 9.69 Å². The number of carbonyl (C=O) groups is 1. The van der Waals surface area contributed by atoms with E-state index >= 15 is 0 Å². The van der Waals surface area contributed by atoms with Crippen LogP contribution in [0.4, 0.5) is 5.13 Å². The lowest BCUT2D eigenvalue weighted by Crippen LogP contribution is -2.36. The number of carbonyl (C=O) groups excluding carboxylic acids is 1. The first-order valence-corrected chi connectivity index (χ1v) is 10.3. The Bertz CT molecular complexity index is 949. The van der Waals surface area contributed by atoms with Crippen molar-refractivity contribution < 1.29 is 14.3 Å². The number of hydrogen-bond donors (Lipinski definition) is 0. The van der Waals surface area contributed by atoms with Crippen molar-refractivity contribution in [3.63, 3.8) is 0 Å². The number of ether oxygens (including phenoxy) is 2.